The molecule has 0 spiro atoms. The van der Waals surface area contributed by atoms with Crippen LogP contribution in [0.5, 0.6) is 0 Å². The number of halogens is 2. The van der Waals surface area contributed by atoms with Gasteiger partial charge in [-0.3, -0.25) is 5.41 Å². The summed E-state index contributed by atoms with van der Waals surface area (Å²) in [6.07, 6.45) is 2.38. The Bertz CT molecular complexity index is 1700. The van der Waals surface area contributed by atoms with Gasteiger partial charge in [-0.1, -0.05) is 0 Å². The molecular weight excluding hydrogens is 687 g/mol. The highest BCUT2D eigenvalue weighted by Crippen LogP contribution is 2.32. The highest BCUT2D eigenvalue weighted by Gasteiger charge is 2.27. The third kappa shape index (κ3) is 9.46. The normalized spacial score (nSPS) is 18.9. The Hall–Kier alpha value is -4.78. The first-order valence-electron chi connectivity index (χ1n) is 15.8. The van der Waals surface area contributed by atoms with E-state index in [9.17, 15) is 10.2 Å². The first-order chi connectivity index (χ1) is 22.7. The molecule has 0 aliphatic carbocycles. The summed E-state index contributed by atoms with van der Waals surface area (Å²) in [4.78, 5) is 17.0. The van der Waals surface area contributed by atoms with Crippen molar-refractivity contribution in [1.29, 1.82) is 5.41 Å². The summed E-state index contributed by atoms with van der Waals surface area (Å²) in [5, 5.41) is 37.2. The largest absolute Gasteiger partial charge is 0.397 e. The zero-order chi connectivity index (χ0) is 35.3. The molecular formula is C30H50Cl2N16O2. The Labute approximate surface area is 303 Å². The summed E-state index contributed by atoms with van der Waals surface area (Å²) in [5.41, 5.74) is 39.0. The number of aliphatic hydroxyl groups excluding tert-OH is 2. The van der Waals surface area contributed by atoms with E-state index in [0.29, 0.717) is 89.9 Å². The second-order valence-corrected chi connectivity index (χ2v) is 11.7. The van der Waals surface area contributed by atoms with Crippen LogP contribution in [0, 0.1) is 12.3 Å². The number of hydrazone groups is 1. The average Bonchev–Trinajstić information content (AvgIpc) is 3.80. The summed E-state index contributed by atoms with van der Waals surface area (Å²) < 4.78 is 1.69. The highest BCUT2D eigenvalue weighted by atomic mass is 35.5. The number of hydrogen-bond acceptors (Lipinski definition) is 16. The van der Waals surface area contributed by atoms with Crippen molar-refractivity contribution in [1.82, 2.24) is 24.8 Å². The molecule has 15 N–H and O–H groups in total. The smallest absolute Gasteiger partial charge is 0.178 e. The molecule has 6 heterocycles. The molecule has 2 fully saturated rings. The number of hydrogen-bond donors (Lipinski definition) is 9. The number of pyridine rings is 2. The van der Waals surface area contributed by atoms with E-state index >= 15 is 0 Å². The van der Waals surface area contributed by atoms with Crippen LogP contribution in [0.4, 0.5) is 51.7 Å². The molecule has 276 valence electrons. The molecule has 2 unspecified atom stereocenters. The number of anilines is 8. The molecule has 50 heavy (non-hydrogen) atoms. The maximum atomic E-state index is 9.72. The van der Waals surface area contributed by atoms with Crippen molar-refractivity contribution in [2.75, 3.05) is 76.9 Å². The Morgan fingerprint density at radius 3 is 1.88 bits per heavy atom. The van der Waals surface area contributed by atoms with Crippen LogP contribution >= 0.6 is 24.8 Å². The van der Waals surface area contributed by atoms with Crippen LogP contribution in [-0.2, 0) is 6.54 Å². The maximum absolute atomic E-state index is 9.72. The van der Waals surface area contributed by atoms with E-state index in [4.69, 9.17) is 39.8 Å². The van der Waals surface area contributed by atoms with E-state index in [1.54, 1.807) is 34.9 Å². The highest BCUT2D eigenvalue weighted by molar-refractivity contribution is 6.69. The van der Waals surface area contributed by atoms with Crippen LogP contribution in [0.25, 0.3) is 0 Å². The molecule has 3 aliphatic heterocycles. The number of rotatable bonds is 5. The molecule has 0 bridgehead atoms. The van der Waals surface area contributed by atoms with Gasteiger partial charge < -0.3 is 54.4 Å². The molecule has 18 nitrogen and oxygen atoms in total. The van der Waals surface area contributed by atoms with Crippen molar-refractivity contribution in [3.05, 3.63) is 24.0 Å². The number of nitrogens with one attached hydrogen (secondary N) is 1. The van der Waals surface area contributed by atoms with Crippen molar-refractivity contribution < 1.29 is 10.2 Å². The van der Waals surface area contributed by atoms with Gasteiger partial charge in [0.25, 0.3) is 0 Å². The third-order valence-electron chi connectivity index (χ3n) is 8.01. The van der Waals surface area contributed by atoms with E-state index in [2.05, 4.69) is 25.2 Å². The molecule has 3 aromatic heterocycles. The monoisotopic (exact) mass is 736 g/mol. The van der Waals surface area contributed by atoms with Crippen LogP contribution in [0.15, 0.2) is 28.4 Å². The molecule has 20 heteroatoms. The van der Waals surface area contributed by atoms with Gasteiger partial charge in [-0.2, -0.15) is 10.2 Å². The van der Waals surface area contributed by atoms with Crippen LogP contribution in [0.2, 0.25) is 0 Å². The Balaban J connectivity index is 0.000000283. The van der Waals surface area contributed by atoms with E-state index in [0.717, 1.165) is 31.0 Å². The van der Waals surface area contributed by atoms with Gasteiger partial charge in [0.2, 0.25) is 0 Å². The summed E-state index contributed by atoms with van der Waals surface area (Å²) in [6, 6.07) is 3.31. The number of aliphatic imine (C=N–C) groups is 1. The molecule has 0 saturated carbocycles. The lowest BCUT2D eigenvalue weighted by molar-refractivity contribution is 0.198. The number of β-amino-alcohol motifs (C(OH)–C–C–N with tert-alkyl or cyclic N) is 2. The van der Waals surface area contributed by atoms with Gasteiger partial charge in [-0.05, 0) is 52.7 Å². The second-order valence-electron chi connectivity index (χ2n) is 11.7. The lowest BCUT2D eigenvalue weighted by atomic mass is 10.2. The van der Waals surface area contributed by atoms with Crippen molar-refractivity contribution in [2.24, 2.45) is 10.1 Å². The van der Waals surface area contributed by atoms with Crippen molar-refractivity contribution >= 4 is 93.8 Å². The summed E-state index contributed by atoms with van der Waals surface area (Å²) >= 11 is 0. The minimum Gasteiger partial charge on any atom is -0.397 e. The van der Waals surface area contributed by atoms with Gasteiger partial charge in [-0.25, -0.2) is 24.7 Å². The average molecular weight is 738 g/mol. The van der Waals surface area contributed by atoms with Gasteiger partial charge in [0.15, 0.2) is 23.3 Å². The SMILES string of the molecule is CCN1N=C(C)C(=Nc2nc(N3CCC(O)C3)c(N)cc2N)C1=N.CCn1nc(C)c(N)c1N.Cl.Cl.Nc1cnc(N2CCC(O)C2)c(N)c1. The quantitative estimate of drug-likeness (QED) is 0.180. The standard InChI is InChI=1S/C15H22N8O.C9H14N4O.C6H12N4.2ClH/c1-3-23-13(18)12(8(2)21-23)19-14-10(16)6-11(17)15(20-14)22-5-4-9(24)7-22;10-6-3-8(11)9(12-4-6)13-2-1-7(14)5-13;1-3-10-6(8)5(7)4(2)9-10;;/h6,9,18,24H,3-5,7,16-17H2,1-2H3;3-4,7,14H,1-2,5,10-11H2;3,7-8H2,1-2H3;2*1H. The van der Waals surface area contributed by atoms with Gasteiger partial charge in [0.1, 0.15) is 11.5 Å². The number of aliphatic hydroxyl groups is 2. The van der Waals surface area contributed by atoms with E-state index < -0.39 is 0 Å². The van der Waals surface area contributed by atoms with Crippen LogP contribution in [0.3, 0.4) is 0 Å². The van der Waals surface area contributed by atoms with Crippen molar-refractivity contribution in [2.45, 2.75) is 59.3 Å². The van der Waals surface area contributed by atoms with Gasteiger partial charge in [-0.15, -0.1) is 24.8 Å². The topological polar surface area (TPSA) is 298 Å². The van der Waals surface area contributed by atoms with E-state index in [-0.39, 0.29) is 42.9 Å². The number of aromatic nitrogens is 4. The molecule has 0 amide bonds. The van der Waals surface area contributed by atoms with Crippen LogP contribution in [-0.4, -0.2) is 97.2 Å². The summed E-state index contributed by atoms with van der Waals surface area (Å²) in [7, 11) is 0. The molecule has 2 atom stereocenters. The fourth-order valence-electron chi connectivity index (χ4n) is 5.39. The Kier molecular flexibility index (Phi) is 14.7. The van der Waals surface area contributed by atoms with Crippen molar-refractivity contribution in [3.8, 4) is 0 Å². The molecule has 3 aliphatic rings. The second kappa shape index (κ2) is 17.7. The van der Waals surface area contributed by atoms with Gasteiger partial charge >= 0.3 is 0 Å². The molecule has 0 aromatic carbocycles. The van der Waals surface area contributed by atoms with Crippen LogP contribution in [0.1, 0.15) is 39.3 Å². The number of aryl methyl sites for hydroxylation is 2. The molecule has 0 radical (unpaired) electrons. The summed E-state index contributed by atoms with van der Waals surface area (Å²) in [5.74, 6) is 2.39. The number of nitrogens with two attached hydrogens (primary N) is 6. The lowest BCUT2D eigenvalue weighted by Crippen LogP contribution is -2.26. The van der Waals surface area contributed by atoms with Gasteiger partial charge in [0, 0.05) is 39.3 Å². The Morgan fingerprint density at radius 2 is 1.44 bits per heavy atom. The lowest BCUT2D eigenvalue weighted by Gasteiger charge is -2.19. The van der Waals surface area contributed by atoms with Crippen molar-refractivity contribution in [3.63, 3.8) is 0 Å². The molecule has 6 rings (SSSR count). The molecule has 3 aromatic rings. The zero-order valence-corrected chi connectivity index (χ0v) is 30.4. The first-order valence-corrected chi connectivity index (χ1v) is 15.8. The summed E-state index contributed by atoms with van der Waals surface area (Å²) in [6.45, 7) is 11.5. The predicted octanol–water partition coefficient (Wildman–Crippen LogP) is 1.61. The van der Waals surface area contributed by atoms with Crippen LogP contribution < -0.4 is 44.2 Å². The first kappa shape index (κ1) is 41.4. The fourth-order valence-corrected chi connectivity index (χ4v) is 5.39. The maximum Gasteiger partial charge on any atom is 0.178 e. The number of nitrogens with zero attached hydrogens (tertiary/aromatic N) is 9. The molecule has 2 saturated heterocycles. The predicted molar refractivity (Wildman–Crippen MR) is 208 cm³/mol. The Morgan fingerprint density at radius 1 is 0.860 bits per heavy atom. The number of nitrogen functional groups attached to an aromatic ring is 6. The number of amidine groups is 1. The van der Waals surface area contributed by atoms with E-state index in [1.807, 2.05) is 30.6 Å². The minimum absolute atomic E-state index is 0. The minimum atomic E-state index is -0.381. The van der Waals surface area contributed by atoms with Gasteiger partial charge in [0.05, 0.1) is 58.2 Å². The zero-order valence-electron chi connectivity index (χ0n) is 28.7. The third-order valence-corrected chi connectivity index (χ3v) is 8.01. The fraction of sp³-hybridized carbons (Fsp3) is 0.467. The van der Waals surface area contributed by atoms with E-state index in [1.165, 1.54) is 0 Å².